The minimum atomic E-state index is -0.665. The summed E-state index contributed by atoms with van der Waals surface area (Å²) in [6.45, 7) is 0.265. The van der Waals surface area contributed by atoms with Crippen LogP contribution in [0.4, 0.5) is 0 Å². The van der Waals surface area contributed by atoms with Gasteiger partial charge in [0.15, 0.2) is 12.2 Å². The second-order valence-electron chi connectivity index (χ2n) is 6.24. The van der Waals surface area contributed by atoms with Crippen LogP contribution in [-0.2, 0) is 18.9 Å². The van der Waals surface area contributed by atoms with Crippen LogP contribution in [0.5, 0.6) is 5.75 Å². The predicted molar refractivity (Wildman–Crippen MR) is 90.2 cm³/mol. The minimum absolute atomic E-state index is 0.0681. The molecule has 2 fully saturated rings. The van der Waals surface area contributed by atoms with Gasteiger partial charge in [-0.25, -0.2) is 9.59 Å². The maximum absolute atomic E-state index is 12.3. The number of benzene rings is 1. The van der Waals surface area contributed by atoms with Crippen LogP contribution in [0.2, 0.25) is 0 Å². The number of aromatic nitrogens is 1. The van der Waals surface area contributed by atoms with Gasteiger partial charge in [0.05, 0.1) is 18.8 Å². The number of ether oxygens (including phenoxy) is 4. The molecule has 2 aliphatic rings. The highest BCUT2D eigenvalue weighted by molar-refractivity contribution is 5.92. The van der Waals surface area contributed by atoms with Crippen LogP contribution < -0.4 is 0 Å². The van der Waals surface area contributed by atoms with Gasteiger partial charge in [0.25, 0.3) is 0 Å². The summed E-state index contributed by atoms with van der Waals surface area (Å²) < 4.78 is 22.2. The van der Waals surface area contributed by atoms with Crippen molar-refractivity contribution in [3.63, 3.8) is 0 Å². The van der Waals surface area contributed by atoms with Crippen molar-refractivity contribution in [2.24, 2.45) is 0 Å². The van der Waals surface area contributed by atoms with E-state index in [2.05, 4.69) is 4.98 Å². The van der Waals surface area contributed by atoms with Crippen LogP contribution in [-0.4, -0.2) is 59.7 Å². The Bertz CT molecular complexity index is 841. The molecular formula is C19H17NO7. The van der Waals surface area contributed by atoms with Crippen LogP contribution in [0.1, 0.15) is 20.7 Å². The van der Waals surface area contributed by atoms with Crippen molar-refractivity contribution in [2.75, 3.05) is 13.2 Å². The molecule has 1 aromatic heterocycles. The van der Waals surface area contributed by atoms with Gasteiger partial charge in [-0.2, -0.15) is 0 Å². The molecular weight excluding hydrogens is 354 g/mol. The van der Waals surface area contributed by atoms with Crippen molar-refractivity contribution in [3.8, 4) is 5.75 Å². The number of fused-ring (bicyclic) bond motifs is 1. The Hall–Kier alpha value is -2.97. The van der Waals surface area contributed by atoms with E-state index < -0.39 is 36.4 Å². The molecule has 0 spiro atoms. The summed E-state index contributed by atoms with van der Waals surface area (Å²) in [5.74, 6) is -1.34. The fourth-order valence-corrected chi connectivity index (χ4v) is 3.17. The first-order valence-corrected chi connectivity index (χ1v) is 8.46. The van der Waals surface area contributed by atoms with E-state index in [1.807, 2.05) is 0 Å². The largest absolute Gasteiger partial charge is 0.507 e. The van der Waals surface area contributed by atoms with Crippen LogP contribution in [0.3, 0.4) is 0 Å². The predicted octanol–water partition coefficient (Wildman–Crippen LogP) is 1.34. The lowest BCUT2D eigenvalue weighted by Gasteiger charge is -2.17. The number of hydrogen-bond donors (Lipinski definition) is 1. The van der Waals surface area contributed by atoms with Crippen molar-refractivity contribution >= 4 is 11.9 Å². The number of carbonyl (C=O) groups excluding carboxylic acids is 2. The number of phenolic OH excluding ortho intramolecular Hbond substituents is 1. The Morgan fingerprint density at radius 3 is 2.26 bits per heavy atom. The second kappa shape index (κ2) is 7.34. The van der Waals surface area contributed by atoms with Gasteiger partial charge in [-0.05, 0) is 24.3 Å². The molecule has 1 unspecified atom stereocenters. The first-order valence-electron chi connectivity index (χ1n) is 8.46. The van der Waals surface area contributed by atoms with Crippen molar-refractivity contribution in [1.82, 2.24) is 4.98 Å². The molecule has 8 heteroatoms. The molecule has 27 heavy (non-hydrogen) atoms. The smallest absolute Gasteiger partial charge is 0.342 e. The van der Waals surface area contributed by atoms with E-state index in [0.717, 1.165) is 0 Å². The molecule has 4 rings (SSSR count). The van der Waals surface area contributed by atoms with E-state index in [-0.39, 0.29) is 24.5 Å². The molecule has 8 nitrogen and oxygen atoms in total. The maximum Gasteiger partial charge on any atom is 0.342 e. The van der Waals surface area contributed by atoms with Crippen molar-refractivity contribution < 1.29 is 33.6 Å². The lowest BCUT2D eigenvalue weighted by molar-refractivity contribution is -0.0288. The first kappa shape index (κ1) is 17.4. The molecule has 1 N–H and O–H groups in total. The normalized spacial score (nSPS) is 26.4. The summed E-state index contributed by atoms with van der Waals surface area (Å²) in [6.07, 6.45) is 0.678. The highest BCUT2D eigenvalue weighted by atomic mass is 16.7. The number of pyridine rings is 1. The summed E-state index contributed by atoms with van der Waals surface area (Å²) in [5, 5.41) is 9.77. The summed E-state index contributed by atoms with van der Waals surface area (Å²) in [6, 6.07) is 9.37. The summed E-state index contributed by atoms with van der Waals surface area (Å²) in [5.41, 5.74) is 0.403. The molecule has 0 aliphatic carbocycles. The third-order valence-electron chi connectivity index (χ3n) is 4.50. The standard InChI is InChI=1S/C19H17NO7/c21-13-6-2-1-5-12(13)19(23)27-15-10-25-16-14(9-24-17(15)16)26-18(22)11-4-3-7-20-8-11/h1-8,14-17,21H,9-10H2/t14?,15-,16+,17+/m0/s1. The van der Waals surface area contributed by atoms with Crippen LogP contribution in [0.25, 0.3) is 0 Å². The molecule has 2 aromatic rings. The fraction of sp³-hybridized carbons (Fsp3) is 0.316. The van der Waals surface area contributed by atoms with Crippen LogP contribution >= 0.6 is 0 Å². The fourth-order valence-electron chi connectivity index (χ4n) is 3.17. The number of phenols is 1. The molecule has 1 aromatic carbocycles. The molecule has 3 heterocycles. The van der Waals surface area contributed by atoms with Gasteiger partial charge in [-0.3, -0.25) is 4.98 Å². The zero-order valence-electron chi connectivity index (χ0n) is 14.2. The third-order valence-corrected chi connectivity index (χ3v) is 4.50. The van der Waals surface area contributed by atoms with Crippen LogP contribution in [0.15, 0.2) is 48.8 Å². The van der Waals surface area contributed by atoms with Crippen LogP contribution in [0, 0.1) is 0 Å². The number of para-hydroxylation sites is 1. The second-order valence-corrected chi connectivity index (χ2v) is 6.24. The lowest BCUT2D eigenvalue weighted by atomic mass is 10.1. The molecule has 0 bridgehead atoms. The first-order chi connectivity index (χ1) is 13.1. The van der Waals surface area contributed by atoms with E-state index in [9.17, 15) is 14.7 Å². The SMILES string of the molecule is O=C(OC1CO[C@@H]2[C@@H](OC(=O)c3ccccc3O)CO[C@H]12)c1cccnc1. The lowest BCUT2D eigenvalue weighted by Crippen LogP contribution is -2.36. The average Bonchev–Trinajstić information content (AvgIpc) is 3.26. The van der Waals surface area contributed by atoms with Gasteiger partial charge in [0.1, 0.15) is 23.5 Å². The molecule has 140 valence electrons. The van der Waals surface area contributed by atoms with Gasteiger partial charge in [0, 0.05) is 12.4 Å². The minimum Gasteiger partial charge on any atom is -0.507 e. The Balaban J connectivity index is 1.38. The topological polar surface area (TPSA) is 104 Å². The maximum atomic E-state index is 12.3. The van der Waals surface area contributed by atoms with E-state index in [1.165, 1.54) is 18.3 Å². The third kappa shape index (κ3) is 3.49. The quantitative estimate of drug-likeness (QED) is 0.803. The number of nitrogens with zero attached hydrogens (tertiary/aromatic N) is 1. The van der Waals surface area contributed by atoms with E-state index in [1.54, 1.807) is 30.5 Å². The molecule has 4 atom stereocenters. The number of aromatic hydroxyl groups is 1. The Labute approximate surface area is 154 Å². The molecule has 0 amide bonds. The molecule has 0 saturated carbocycles. The Kier molecular flexibility index (Phi) is 4.74. The molecule has 2 aliphatic heterocycles. The zero-order chi connectivity index (χ0) is 18.8. The molecule has 0 radical (unpaired) electrons. The summed E-state index contributed by atoms with van der Waals surface area (Å²) in [7, 11) is 0. The Morgan fingerprint density at radius 2 is 1.63 bits per heavy atom. The monoisotopic (exact) mass is 371 g/mol. The summed E-state index contributed by atoms with van der Waals surface area (Å²) in [4.78, 5) is 28.3. The van der Waals surface area contributed by atoms with E-state index in [0.29, 0.717) is 5.56 Å². The summed E-state index contributed by atoms with van der Waals surface area (Å²) >= 11 is 0. The van der Waals surface area contributed by atoms with E-state index in [4.69, 9.17) is 18.9 Å². The number of esters is 2. The highest BCUT2D eigenvalue weighted by Gasteiger charge is 2.51. The highest BCUT2D eigenvalue weighted by Crippen LogP contribution is 2.32. The molecule has 2 saturated heterocycles. The number of rotatable bonds is 4. The number of carbonyl (C=O) groups is 2. The van der Waals surface area contributed by atoms with Gasteiger partial charge >= 0.3 is 11.9 Å². The van der Waals surface area contributed by atoms with Crippen molar-refractivity contribution in [1.29, 1.82) is 0 Å². The van der Waals surface area contributed by atoms with Crippen molar-refractivity contribution in [2.45, 2.75) is 24.4 Å². The van der Waals surface area contributed by atoms with Gasteiger partial charge in [0.2, 0.25) is 0 Å². The Morgan fingerprint density at radius 1 is 0.963 bits per heavy atom. The average molecular weight is 371 g/mol. The van der Waals surface area contributed by atoms with E-state index >= 15 is 0 Å². The zero-order valence-corrected chi connectivity index (χ0v) is 14.2. The van der Waals surface area contributed by atoms with Crippen molar-refractivity contribution in [3.05, 3.63) is 59.9 Å². The van der Waals surface area contributed by atoms with Gasteiger partial charge in [-0.15, -0.1) is 0 Å². The van der Waals surface area contributed by atoms with Gasteiger partial charge in [-0.1, -0.05) is 12.1 Å². The van der Waals surface area contributed by atoms with Gasteiger partial charge < -0.3 is 24.1 Å². The number of hydrogen-bond acceptors (Lipinski definition) is 8.